The lowest BCUT2D eigenvalue weighted by molar-refractivity contribution is -0.110. The van der Waals surface area contributed by atoms with Gasteiger partial charge in [-0.3, -0.25) is 9.59 Å². The van der Waals surface area contributed by atoms with Crippen LogP contribution in [0.25, 0.3) is 11.6 Å². The van der Waals surface area contributed by atoms with Crippen molar-refractivity contribution >= 4 is 29.2 Å². The van der Waals surface area contributed by atoms with E-state index in [2.05, 4.69) is 15.6 Å². The van der Waals surface area contributed by atoms with Crippen LogP contribution in [0.1, 0.15) is 53.1 Å². The number of halogens is 1. The van der Waals surface area contributed by atoms with Crippen LogP contribution in [-0.4, -0.2) is 22.8 Å². The predicted octanol–water partition coefficient (Wildman–Crippen LogP) is 3.79. The van der Waals surface area contributed by atoms with Crippen molar-refractivity contribution in [2.75, 3.05) is 5.32 Å². The van der Waals surface area contributed by atoms with Gasteiger partial charge in [-0.05, 0) is 57.0 Å². The second kappa shape index (κ2) is 6.78. The van der Waals surface area contributed by atoms with E-state index >= 15 is 0 Å². The van der Waals surface area contributed by atoms with E-state index in [9.17, 15) is 14.0 Å². The number of aryl methyl sites for hydroxylation is 1. The molecule has 1 aromatic heterocycles. The Morgan fingerprint density at radius 1 is 1.35 bits per heavy atom. The van der Waals surface area contributed by atoms with E-state index in [0.29, 0.717) is 28.1 Å². The third-order valence-electron chi connectivity index (χ3n) is 4.75. The normalized spacial score (nSPS) is 15.7. The molecule has 1 aliphatic heterocycles. The summed E-state index contributed by atoms with van der Waals surface area (Å²) in [5.41, 5.74) is 4.21. The summed E-state index contributed by atoms with van der Waals surface area (Å²) in [5, 5.41) is 5.68. The standard InChI is InChI=1S/C20H22FN3O2/c1-5-10(2)22-20(26)18-11(3)17(23-12(18)4)9-15-14-8-13(21)6-7-16(14)24-19(15)25/h6-10,23H,5H2,1-4H3,(H,22,26)(H,24,25)/b15-9-. The van der Waals surface area contributed by atoms with Gasteiger partial charge >= 0.3 is 0 Å². The van der Waals surface area contributed by atoms with Gasteiger partial charge in [0, 0.05) is 28.7 Å². The molecule has 6 heteroatoms. The van der Waals surface area contributed by atoms with Crippen molar-refractivity contribution in [3.05, 3.63) is 52.1 Å². The van der Waals surface area contributed by atoms with E-state index in [0.717, 1.165) is 17.7 Å². The van der Waals surface area contributed by atoms with Crippen molar-refractivity contribution < 1.29 is 14.0 Å². The number of nitrogens with one attached hydrogen (secondary N) is 3. The van der Waals surface area contributed by atoms with Crippen LogP contribution in [0.4, 0.5) is 10.1 Å². The van der Waals surface area contributed by atoms with Gasteiger partial charge in [0.05, 0.1) is 11.1 Å². The first-order valence-electron chi connectivity index (χ1n) is 8.64. The lowest BCUT2D eigenvalue weighted by atomic mass is 10.0. The number of anilines is 1. The fourth-order valence-electron chi connectivity index (χ4n) is 3.11. The molecule has 26 heavy (non-hydrogen) atoms. The highest BCUT2D eigenvalue weighted by molar-refractivity contribution is 6.34. The summed E-state index contributed by atoms with van der Waals surface area (Å²) < 4.78 is 13.6. The molecule has 0 saturated heterocycles. The molecule has 136 valence electrons. The Kier molecular flexibility index (Phi) is 4.68. The SMILES string of the molecule is CCC(C)NC(=O)c1c(C)[nH]c(/C=C2\C(=O)Nc3ccc(F)cc32)c1C. The Hall–Kier alpha value is -2.89. The molecular weight excluding hydrogens is 333 g/mol. The maximum Gasteiger partial charge on any atom is 0.256 e. The quantitative estimate of drug-likeness (QED) is 0.730. The molecular formula is C20H22FN3O2. The molecule has 1 aromatic carbocycles. The topological polar surface area (TPSA) is 74.0 Å². The summed E-state index contributed by atoms with van der Waals surface area (Å²) in [6, 6.07) is 4.26. The van der Waals surface area contributed by atoms with Crippen LogP contribution in [0.3, 0.4) is 0 Å². The highest BCUT2D eigenvalue weighted by atomic mass is 19.1. The number of benzene rings is 1. The zero-order valence-corrected chi connectivity index (χ0v) is 15.3. The zero-order chi connectivity index (χ0) is 19.0. The minimum absolute atomic E-state index is 0.0773. The minimum Gasteiger partial charge on any atom is -0.358 e. The van der Waals surface area contributed by atoms with E-state index in [4.69, 9.17) is 0 Å². The second-order valence-electron chi connectivity index (χ2n) is 6.65. The molecule has 2 aromatic rings. The minimum atomic E-state index is -0.404. The van der Waals surface area contributed by atoms with E-state index in [1.165, 1.54) is 12.1 Å². The second-order valence-corrected chi connectivity index (χ2v) is 6.65. The largest absolute Gasteiger partial charge is 0.358 e. The summed E-state index contributed by atoms with van der Waals surface area (Å²) in [4.78, 5) is 28.0. The number of aromatic amines is 1. The van der Waals surface area contributed by atoms with Crippen LogP contribution < -0.4 is 10.6 Å². The molecule has 0 saturated carbocycles. The van der Waals surface area contributed by atoms with Gasteiger partial charge in [-0.2, -0.15) is 0 Å². The Morgan fingerprint density at radius 2 is 2.08 bits per heavy atom. The molecule has 1 unspecified atom stereocenters. The Balaban J connectivity index is 2.01. The van der Waals surface area contributed by atoms with Gasteiger partial charge in [-0.1, -0.05) is 6.92 Å². The lowest BCUT2D eigenvalue weighted by Crippen LogP contribution is -2.32. The molecule has 0 bridgehead atoms. The average Bonchev–Trinajstić information content (AvgIpc) is 3.04. The molecule has 1 atom stereocenters. The number of rotatable bonds is 4. The summed E-state index contributed by atoms with van der Waals surface area (Å²) in [6.07, 6.45) is 2.51. The molecule has 2 heterocycles. The fourth-order valence-corrected chi connectivity index (χ4v) is 3.11. The third-order valence-corrected chi connectivity index (χ3v) is 4.75. The van der Waals surface area contributed by atoms with Gasteiger partial charge in [-0.15, -0.1) is 0 Å². The number of aromatic nitrogens is 1. The number of H-pyrrole nitrogens is 1. The first-order valence-corrected chi connectivity index (χ1v) is 8.64. The molecule has 3 rings (SSSR count). The summed E-state index contributed by atoms with van der Waals surface area (Å²) in [6.45, 7) is 7.61. The number of hydrogen-bond acceptors (Lipinski definition) is 2. The van der Waals surface area contributed by atoms with Gasteiger partial charge < -0.3 is 15.6 Å². The van der Waals surface area contributed by atoms with Crippen LogP contribution in [0, 0.1) is 19.7 Å². The number of carbonyl (C=O) groups excluding carboxylic acids is 2. The van der Waals surface area contributed by atoms with Gasteiger partial charge in [-0.25, -0.2) is 4.39 Å². The number of amides is 2. The van der Waals surface area contributed by atoms with Gasteiger partial charge in [0.15, 0.2) is 0 Å². The van der Waals surface area contributed by atoms with Crippen molar-refractivity contribution in [3.63, 3.8) is 0 Å². The Labute approximate surface area is 151 Å². The molecule has 5 nitrogen and oxygen atoms in total. The van der Waals surface area contributed by atoms with Crippen molar-refractivity contribution in [1.29, 1.82) is 0 Å². The summed E-state index contributed by atoms with van der Waals surface area (Å²) in [5.74, 6) is -0.834. The van der Waals surface area contributed by atoms with Crippen molar-refractivity contribution in [2.24, 2.45) is 0 Å². The van der Waals surface area contributed by atoms with E-state index in [1.54, 1.807) is 12.1 Å². The van der Waals surface area contributed by atoms with Crippen LogP contribution in [0.2, 0.25) is 0 Å². The van der Waals surface area contributed by atoms with Gasteiger partial charge in [0.25, 0.3) is 11.8 Å². The molecule has 2 amide bonds. The van der Waals surface area contributed by atoms with Gasteiger partial charge in [0.1, 0.15) is 5.82 Å². The van der Waals surface area contributed by atoms with Gasteiger partial charge in [0.2, 0.25) is 0 Å². The predicted molar refractivity (Wildman–Crippen MR) is 100 cm³/mol. The molecule has 3 N–H and O–H groups in total. The van der Waals surface area contributed by atoms with Crippen molar-refractivity contribution in [1.82, 2.24) is 10.3 Å². The first-order chi connectivity index (χ1) is 12.3. The first kappa shape index (κ1) is 17.9. The molecule has 0 aliphatic carbocycles. The van der Waals surface area contributed by atoms with Crippen molar-refractivity contribution in [3.8, 4) is 0 Å². The highest BCUT2D eigenvalue weighted by Gasteiger charge is 2.26. The molecule has 1 aliphatic rings. The zero-order valence-electron chi connectivity index (χ0n) is 15.3. The molecule has 0 fully saturated rings. The number of hydrogen-bond donors (Lipinski definition) is 3. The highest BCUT2D eigenvalue weighted by Crippen LogP contribution is 2.34. The smallest absolute Gasteiger partial charge is 0.256 e. The summed E-state index contributed by atoms with van der Waals surface area (Å²) >= 11 is 0. The fraction of sp³-hybridized carbons (Fsp3) is 0.300. The number of fused-ring (bicyclic) bond motifs is 1. The van der Waals surface area contributed by atoms with Crippen LogP contribution >= 0.6 is 0 Å². The maximum atomic E-state index is 13.6. The lowest BCUT2D eigenvalue weighted by Gasteiger charge is -2.11. The Bertz CT molecular complexity index is 927. The van der Waals surface area contributed by atoms with Crippen LogP contribution in [-0.2, 0) is 4.79 Å². The number of carbonyl (C=O) groups is 2. The van der Waals surface area contributed by atoms with E-state index in [-0.39, 0.29) is 17.9 Å². The monoisotopic (exact) mass is 355 g/mol. The molecule has 0 radical (unpaired) electrons. The molecule has 0 spiro atoms. The van der Waals surface area contributed by atoms with Crippen LogP contribution in [0.15, 0.2) is 18.2 Å². The van der Waals surface area contributed by atoms with Crippen LogP contribution in [0.5, 0.6) is 0 Å². The Morgan fingerprint density at radius 3 is 2.77 bits per heavy atom. The van der Waals surface area contributed by atoms with Crippen molar-refractivity contribution in [2.45, 2.75) is 40.2 Å². The average molecular weight is 355 g/mol. The third kappa shape index (κ3) is 3.14. The maximum absolute atomic E-state index is 13.6. The van der Waals surface area contributed by atoms with E-state index < -0.39 is 5.82 Å². The summed E-state index contributed by atoms with van der Waals surface area (Å²) in [7, 11) is 0. The van der Waals surface area contributed by atoms with E-state index in [1.807, 2.05) is 27.7 Å².